The van der Waals surface area contributed by atoms with Crippen molar-refractivity contribution < 1.29 is 69.0 Å². The summed E-state index contributed by atoms with van der Waals surface area (Å²) in [6.45, 7) is 1.40. The van der Waals surface area contributed by atoms with E-state index in [0.29, 0.717) is 17.7 Å². The van der Waals surface area contributed by atoms with Crippen molar-refractivity contribution in [1.82, 2.24) is 4.13 Å². The molecular weight excluding hydrogens is 525 g/mol. The summed E-state index contributed by atoms with van der Waals surface area (Å²) in [5, 5.41) is -14.5. The summed E-state index contributed by atoms with van der Waals surface area (Å²) >= 11 is 0. The highest BCUT2D eigenvalue weighted by molar-refractivity contribution is 8.05. The molecule has 1 rings (SSSR count). The van der Waals surface area contributed by atoms with Gasteiger partial charge in [0, 0.05) is 0 Å². The molecule has 1 aromatic rings. The van der Waals surface area contributed by atoms with Crippen LogP contribution in [0.2, 0.25) is 0 Å². The Hall–Kier alpha value is -1.80. The van der Waals surface area contributed by atoms with Gasteiger partial charge >= 0.3 is 42.1 Å². The molecular formula is C11H8F9NO7S3. The molecule has 0 aliphatic heterocycles. The molecule has 0 unspecified atom stereocenters. The summed E-state index contributed by atoms with van der Waals surface area (Å²) in [6, 6.07) is 3.25. The van der Waals surface area contributed by atoms with E-state index >= 15 is 0 Å². The number of alkyl halides is 9. The number of rotatable bonds is 8. The Bertz CT molecular complexity index is 1140. The van der Waals surface area contributed by atoms with Gasteiger partial charge in [-0.05, 0) is 19.1 Å². The standard InChI is InChI=1S/C11H8F9NO7S3/c1-6-2-4-7(5-3-6)28-31(26,27)10(16,17)8(12,13)9(14,15)29(22,23)21-30(24,25)11(18,19)20/h2-5,21H,1H3. The van der Waals surface area contributed by atoms with Crippen LogP contribution in [0.25, 0.3) is 0 Å². The van der Waals surface area contributed by atoms with Gasteiger partial charge in [0.15, 0.2) is 0 Å². The van der Waals surface area contributed by atoms with Crippen LogP contribution in [0.3, 0.4) is 0 Å². The molecule has 0 heterocycles. The van der Waals surface area contributed by atoms with E-state index in [-0.39, 0.29) is 0 Å². The third-order valence-electron chi connectivity index (χ3n) is 3.13. The Kier molecular flexibility index (Phi) is 6.73. The second-order valence-electron chi connectivity index (χ2n) is 5.49. The largest absolute Gasteiger partial charge is 0.512 e. The number of nitrogens with one attached hydrogen (secondary N) is 1. The van der Waals surface area contributed by atoms with Crippen LogP contribution >= 0.6 is 0 Å². The molecule has 31 heavy (non-hydrogen) atoms. The molecule has 0 bridgehead atoms. The molecule has 20 heteroatoms. The molecule has 0 saturated heterocycles. The summed E-state index contributed by atoms with van der Waals surface area (Å²) in [4.78, 5) is 0. The van der Waals surface area contributed by atoms with Crippen LogP contribution in [-0.2, 0) is 30.2 Å². The first kappa shape index (κ1) is 27.2. The Morgan fingerprint density at radius 3 is 1.52 bits per heavy atom. The molecule has 180 valence electrons. The lowest BCUT2D eigenvalue weighted by molar-refractivity contribution is -0.245. The summed E-state index contributed by atoms with van der Waals surface area (Å²) in [5.41, 5.74) is -6.27. The van der Waals surface area contributed by atoms with Crippen molar-refractivity contribution in [3.8, 4) is 5.75 Å². The molecule has 1 aromatic carbocycles. The lowest BCUT2D eigenvalue weighted by Gasteiger charge is -2.31. The van der Waals surface area contributed by atoms with Gasteiger partial charge in [-0.1, -0.05) is 21.8 Å². The van der Waals surface area contributed by atoms with Crippen LogP contribution in [0.5, 0.6) is 5.75 Å². The highest BCUT2D eigenvalue weighted by Gasteiger charge is 2.83. The molecule has 1 N–H and O–H groups in total. The number of hydrogen-bond donors (Lipinski definition) is 1. The second kappa shape index (κ2) is 7.66. The minimum atomic E-state index is -7.82. The minimum Gasteiger partial charge on any atom is -0.378 e. The zero-order chi connectivity index (χ0) is 24.9. The van der Waals surface area contributed by atoms with Crippen molar-refractivity contribution in [2.24, 2.45) is 0 Å². The van der Waals surface area contributed by atoms with Crippen molar-refractivity contribution in [3.05, 3.63) is 29.8 Å². The number of halogens is 9. The van der Waals surface area contributed by atoms with E-state index in [9.17, 15) is 64.8 Å². The Morgan fingerprint density at radius 1 is 0.710 bits per heavy atom. The molecule has 0 radical (unpaired) electrons. The van der Waals surface area contributed by atoms with Gasteiger partial charge in [-0.2, -0.15) is 47.9 Å². The molecule has 0 aliphatic rings. The Balaban J connectivity index is 3.47. The third kappa shape index (κ3) is 4.70. The third-order valence-corrected chi connectivity index (χ3v) is 7.73. The first-order valence-electron chi connectivity index (χ1n) is 6.91. The number of sulfonamides is 2. The minimum absolute atomic E-state index is 0.372. The monoisotopic (exact) mass is 533 g/mol. The zero-order valence-electron chi connectivity index (χ0n) is 14.3. The van der Waals surface area contributed by atoms with E-state index in [0.717, 1.165) is 12.1 Å². The average Bonchev–Trinajstić information content (AvgIpc) is 2.54. The van der Waals surface area contributed by atoms with E-state index in [2.05, 4.69) is 4.18 Å². The topological polar surface area (TPSA) is 124 Å². The Morgan fingerprint density at radius 2 is 1.13 bits per heavy atom. The predicted octanol–water partition coefficient (Wildman–Crippen LogP) is 2.29. The molecule has 0 amide bonds. The molecule has 0 aliphatic carbocycles. The van der Waals surface area contributed by atoms with Crippen molar-refractivity contribution >= 4 is 30.2 Å². The predicted molar refractivity (Wildman–Crippen MR) is 82.6 cm³/mol. The van der Waals surface area contributed by atoms with Crippen LogP contribution in [0.4, 0.5) is 39.5 Å². The fourth-order valence-corrected chi connectivity index (χ4v) is 4.91. The molecule has 8 nitrogen and oxygen atoms in total. The van der Waals surface area contributed by atoms with Gasteiger partial charge in [-0.25, -0.2) is 16.8 Å². The van der Waals surface area contributed by atoms with Crippen LogP contribution in [-0.4, -0.2) is 47.2 Å². The van der Waals surface area contributed by atoms with Crippen molar-refractivity contribution in [1.29, 1.82) is 0 Å². The maximum Gasteiger partial charge on any atom is 0.512 e. The van der Waals surface area contributed by atoms with Crippen LogP contribution in [0.1, 0.15) is 5.56 Å². The zero-order valence-corrected chi connectivity index (χ0v) is 16.7. The SMILES string of the molecule is Cc1ccc(OS(=O)(=O)C(F)(F)C(F)(F)C(F)(F)S(=O)(=O)NS(=O)(=O)C(F)(F)F)cc1. The summed E-state index contributed by atoms with van der Waals surface area (Å²) < 4.78 is 188. The van der Waals surface area contributed by atoms with E-state index in [1.807, 2.05) is 0 Å². The molecule has 0 aromatic heterocycles. The van der Waals surface area contributed by atoms with Crippen molar-refractivity contribution in [2.75, 3.05) is 0 Å². The first-order chi connectivity index (χ1) is 13.4. The van der Waals surface area contributed by atoms with E-state index in [1.165, 1.54) is 6.92 Å². The van der Waals surface area contributed by atoms with Crippen LogP contribution < -0.4 is 8.31 Å². The summed E-state index contributed by atoms with van der Waals surface area (Å²) in [7, 11) is -22.3. The number of aryl methyl sites for hydroxylation is 1. The van der Waals surface area contributed by atoms with Crippen LogP contribution in [0.15, 0.2) is 24.3 Å². The summed E-state index contributed by atoms with van der Waals surface area (Å²) in [5.74, 6) is -8.64. The molecule has 0 fully saturated rings. The van der Waals surface area contributed by atoms with Crippen molar-refractivity contribution in [2.45, 2.75) is 28.9 Å². The van der Waals surface area contributed by atoms with E-state index < -0.39 is 62.0 Å². The highest BCUT2D eigenvalue weighted by Crippen LogP contribution is 2.51. The van der Waals surface area contributed by atoms with Gasteiger partial charge in [0.2, 0.25) is 0 Å². The van der Waals surface area contributed by atoms with E-state index in [1.54, 1.807) is 0 Å². The second-order valence-corrected chi connectivity index (χ2v) is 10.7. The Labute approximate surface area is 168 Å². The van der Waals surface area contributed by atoms with Crippen LogP contribution in [0, 0.1) is 6.92 Å². The lowest BCUT2D eigenvalue weighted by Crippen LogP contribution is -2.64. The van der Waals surface area contributed by atoms with Gasteiger partial charge in [-0.3, -0.25) is 0 Å². The van der Waals surface area contributed by atoms with Gasteiger partial charge in [0.25, 0.3) is 10.0 Å². The van der Waals surface area contributed by atoms with Gasteiger partial charge in [-0.15, -0.1) is 0 Å². The highest BCUT2D eigenvalue weighted by atomic mass is 32.3. The maximum atomic E-state index is 13.8. The quantitative estimate of drug-likeness (QED) is 0.402. The summed E-state index contributed by atoms with van der Waals surface area (Å²) in [6.07, 6.45) is 0. The number of benzene rings is 1. The smallest absolute Gasteiger partial charge is 0.378 e. The van der Waals surface area contributed by atoms with Gasteiger partial charge in [0.05, 0.1) is 0 Å². The number of hydrogen-bond acceptors (Lipinski definition) is 7. The van der Waals surface area contributed by atoms with E-state index in [4.69, 9.17) is 0 Å². The molecule has 0 saturated carbocycles. The fraction of sp³-hybridized carbons (Fsp3) is 0.455. The molecule has 0 spiro atoms. The van der Waals surface area contributed by atoms with Gasteiger partial charge in [0.1, 0.15) is 5.75 Å². The lowest BCUT2D eigenvalue weighted by atomic mass is 10.2. The van der Waals surface area contributed by atoms with Gasteiger partial charge < -0.3 is 4.18 Å². The van der Waals surface area contributed by atoms with Crippen molar-refractivity contribution in [3.63, 3.8) is 0 Å². The normalized spacial score (nSPS) is 15.0. The average molecular weight is 533 g/mol. The first-order valence-corrected chi connectivity index (χ1v) is 11.3. The fourth-order valence-electron chi connectivity index (χ4n) is 1.51. The molecule has 0 atom stereocenters. The maximum absolute atomic E-state index is 13.8.